The maximum atomic E-state index is 12.9. The monoisotopic (exact) mass is 358 g/mol. The lowest BCUT2D eigenvalue weighted by atomic mass is 9.46. The highest BCUT2D eigenvalue weighted by atomic mass is 16.5. The lowest BCUT2D eigenvalue weighted by Crippen LogP contribution is -2.65. The number of carbonyl (C=O) groups is 2. The fraction of sp³-hybridized carbons (Fsp3) is 0.600. The Morgan fingerprint density at radius 3 is 2.62 bits per heavy atom. The number of nitrogens with one attached hydrogen (secondary N) is 1. The first-order chi connectivity index (χ1) is 12.4. The summed E-state index contributed by atoms with van der Waals surface area (Å²) in [5.41, 5.74) is 5.54. The molecule has 4 bridgehead atoms. The van der Waals surface area contributed by atoms with Crippen LogP contribution in [0.2, 0.25) is 0 Å². The van der Waals surface area contributed by atoms with Crippen LogP contribution in [0.5, 0.6) is 5.75 Å². The number of aliphatic hydroxyl groups is 1. The summed E-state index contributed by atoms with van der Waals surface area (Å²) in [4.78, 5) is 25.1. The van der Waals surface area contributed by atoms with Gasteiger partial charge in [0, 0.05) is 11.1 Å². The van der Waals surface area contributed by atoms with Crippen molar-refractivity contribution < 1.29 is 19.4 Å². The van der Waals surface area contributed by atoms with Gasteiger partial charge in [0.15, 0.2) is 0 Å². The first-order valence-electron chi connectivity index (χ1n) is 9.40. The molecule has 2 amide bonds. The molecular weight excluding hydrogens is 332 g/mol. The molecule has 0 aromatic heterocycles. The molecule has 5 rings (SSSR count). The van der Waals surface area contributed by atoms with Crippen LogP contribution in [0.15, 0.2) is 24.3 Å². The Kier molecular flexibility index (Phi) is 4.18. The highest BCUT2D eigenvalue weighted by Gasteiger charge is 2.60. The largest absolute Gasteiger partial charge is 0.491 e. The molecule has 4 saturated carbocycles. The van der Waals surface area contributed by atoms with E-state index < -0.39 is 5.41 Å². The third-order valence-corrected chi connectivity index (χ3v) is 6.42. The number of carbonyl (C=O) groups excluding carboxylic acids is 2. The summed E-state index contributed by atoms with van der Waals surface area (Å²) in [5, 5.41) is 12.1. The third-order valence-electron chi connectivity index (χ3n) is 6.42. The van der Waals surface area contributed by atoms with Crippen molar-refractivity contribution in [3.8, 4) is 5.75 Å². The summed E-state index contributed by atoms with van der Waals surface area (Å²) in [7, 11) is 0. The van der Waals surface area contributed by atoms with Gasteiger partial charge in [-0.2, -0.15) is 0 Å². The van der Waals surface area contributed by atoms with Crippen LogP contribution in [0.1, 0.15) is 48.9 Å². The number of benzene rings is 1. The predicted molar refractivity (Wildman–Crippen MR) is 95.5 cm³/mol. The summed E-state index contributed by atoms with van der Waals surface area (Å²) in [5.74, 6) is 1.17. The van der Waals surface area contributed by atoms with Crippen molar-refractivity contribution in [1.82, 2.24) is 5.32 Å². The highest BCUT2D eigenvalue weighted by molar-refractivity contribution is 5.95. The Hall–Kier alpha value is -2.08. The van der Waals surface area contributed by atoms with Crippen LogP contribution in [0.25, 0.3) is 0 Å². The molecule has 1 aromatic carbocycles. The van der Waals surface area contributed by atoms with E-state index in [1.54, 1.807) is 24.3 Å². The SMILES string of the molecule is NC(=O)C12CC3CC(CC(NC(=O)c4cccc(OCCO)c4)(C3)C1)C2. The van der Waals surface area contributed by atoms with Gasteiger partial charge in [-0.3, -0.25) is 9.59 Å². The molecule has 4 N–H and O–H groups in total. The number of nitrogens with two attached hydrogens (primary N) is 1. The van der Waals surface area contributed by atoms with Crippen LogP contribution in [0.3, 0.4) is 0 Å². The van der Waals surface area contributed by atoms with Gasteiger partial charge in [0.1, 0.15) is 12.4 Å². The molecule has 1 aromatic rings. The second-order valence-corrected chi connectivity index (χ2v) is 8.44. The minimum atomic E-state index is -0.441. The number of hydrogen-bond donors (Lipinski definition) is 3. The molecule has 2 unspecified atom stereocenters. The molecule has 4 fully saturated rings. The smallest absolute Gasteiger partial charge is 0.251 e. The van der Waals surface area contributed by atoms with E-state index in [1.165, 1.54) is 0 Å². The quantitative estimate of drug-likeness (QED) is 0.719. The Bertz CT molecular complexity index is 718. The molecule has 4 aliphatic rings. The van der Waals surface area contributed by atoms with Crippen LogP contribution in [-0.2, 0) is 4.79 Å². The number of ether oxygens (including phenoxy) is 1. The van der Waals surface area contributed by atoms with Gasteiger partial charge in [0.2, 0.25) is 5.91 Å². The van der Waals surface area contributed by atoms with E-state index in [0.717, 1.165) is 32.1 Å². The van der Waals surface area contributed by atoms with E-state index in [9.17, 15) is 9.59 Å². The van der Waals surface area contributed by atoms with Crippen molar-refractivity contribution in [1.29, 1.82) is 0 Å². The van der Waals surface area contributed by atoms with Crippen molar-refractivity contribution in [2.45, 2.75) is 44.1 Å². The zero-order valence-electron chi connectivity index (χ0n) is 14.9. The Morgan fingerprint density at radius 1 is 1.23 bits per heavy atom. The van der Waals surface area contributed by atoms with Crippen LogP contribution in [-0.4, -0.2) is 35.7 Å². The minimum absolute atomic E-state index is 0.0719. The molecule has 0 spiro atoms. The second kappa shape index (κ2) is 6.27. The summed E-state index contributed by atoms with van der Waals surface area (Å²) >= 11 is 0. The standard InChI is InChI=1S/C20H26N2O4/c21-18(25)19-8-13-6-14(9-19)11-20(10-13,12-19)22-17(24)15-2-1-3-16(7-15)26-5-4-23/h1-3,7,13-14,23H,4-6,8-12H2,(H2,21,25)(H,22,24). The Balaban J connectivity index is 1.53. The molecule has 4 aliphatic carbocycles. The maximum Gasteiger partial charge on any atom is 0.251 e. The van der Waals surface area contributed by atoms with E-state index in [4.69, 9.17) is 15.6 Å². The summed E-state index contributed by atoms with van der Waals surface area (Å²) in [6, 6.07) is 6.98. The van der Waals surface area contributed by atoms with E-state index in [1.807, 2.05) is 0 Å². The van der Waals surface area contributed by atoms with Gasteiger partial charge in [0.25, 0.3) is 5.91 Å². The second-order valence-electron chi connectivity index (χ2n) is 8.44. The van der Waals surface area contributed by atoms with E-state index in [2.05, 4.69) is 5.32 Å². The lowest BCUT2D eigenvalue weighted by Gasteiger charge is -2.61. The Labute approximate surface area is 153 Å². The number of aliphatic hydroxyl groups excluding tert-OH is 1. The van der Waals surface area contributed by atoms with Crippen molar-refractivity contribution in [3.63, 3.8) is 0 Å². The zero-order chi connectivity index (χ0) is 18.4. The number of rotatable bonds is 6. The number of hydrogen-bond acceptors (Lipinski definition) is 4. The molecule has 6 heteroatoms. The summed E-state index contributed by atoms with van der Waals surface area (Å²) < 4.78 is 5.40. The van der Waals surface area contributed by atoms with E-state index in [-0.39, 0.29) is 30.6 Å². The molecule has 0 saturated heterocycles. The number of primary amides is 1. The van der Waals surface area contributed by atoms with Crippen LogP contribution < -0.4 is 15.8 Å². The molecule has 26 heavy (non-hydrogen) atoms. The van der Waals surface area contributed by atoms with Gasteiger partial charge in [0.05, 0.1) is 12.0 Å². The normalized spacial score (nSPS) is 34.5. The van der Waals surface area contributed by atoms with Crippen molar-refractivity contribution in [2.24, 2.45) is 23.0 Å². The molecule has 0 aliphatic heterocycles. The molecular formula is C20H26N2O4. The highest BCUT2D eigenvalue weighted by Crippen LogP contribution is 2.61. The van der Waals surface area contributed by atoms with Crippen LogP contribution in [0.4, 0.5) is 0 Å². The predicted octanol–water partition coefficient (Wildman–Crippen LogP) is 1.61. The minimum Gasteiger partial charge on any atom is -0.491 e. The van der Waals surface area contributed by atoms with Crippen LogP contribution in [0, 0.1) is 17.3 Å². The van der Waals surface area contributed by atoms with Crippen LogP contribution >= 0.6 is 0 Å². The van der Waals surface area contributed by atoms with E-state index in [0.29, 0.717) is 29.6 Å². The van der Waals surface area contributed by atoms with E-state index >= 15 is 0 Å². The van der Waals surface area contributed by atoms with Gasteiger partial charge in [-0.15, -0.1) is 0 Å². The fourth-order valence-electron chi connectivity index (χ4n) is 5.90. The fourth-order valence-corrected chi connectivity index (χ4v) is 5.90. The topological polar surface area (TPSA) is 102 Å². The van der Waals surface area contributed by atoms with Gasteiger partial charge in [-0.1, -0.05) is 6.07 Å². The first-order valence-corrected chi connectivity index (χ1v) is 9.40. The average Bonchev–Trinajstić information content (AvgIpc) is 2.58. The zero-order valence-corrected chi connectivity index (χ0v) is 14.9. The Morgan fingerprint density at radius 2 is 1.96 bits per heavy atom. The van der Waals surface area contributed by atoms with Crippen molar-refractivity contribution in [3.05, 3.63) is 29.8 Å². The molecule has 6 nitrogen and oxygen atoms in total. The molecule has 0 radical (unpaired) electrons. The lowest BCUT2D eigenvalue weighted by molar-refractivity contribution is -0.146. The maximum absolute atomic E-state index is 12.9. The molecule has 140 valence electrons. The number of amides is 2. The average molecular weight is 358 g/mol. The molecule has 2 atom stereocenters. The first kappa shape index (κ1) is 17.3. The van der Waals surface area contributed by atoms with Gasteiger partial charge < -0.3 is 20.9 Å². The summed E-state index contributed by atoms with van der Waals surface area (Å²) in [6.45, 7) is 0.122. The van der Waals surface area contributed by atoms with Crippen molar-refractivity contribution in [2.75, 3.05) is 13.2 Å². The van der Waals surface area contributed by atoms with Gasteiger partial charge >= 0.3 is 0 Å². The third kappa shape index (κ3) is 2.96. The molecule has 0 heterocycles. The van der Waals surface area contributed by atoms with Gasteiger partial charge in [-0.05, 0) is 68.6 Å². The van der Waals surface area contributed by atoms with Crippen molar-refractivity contribution >= 4 is 11.8 Å². The van der Waals surface area contributed by atoms with Gasteiger partial charge in [-0.25, -0.2) is 0 Å². The summed E-state index contributed by atoms with van der Waals surface area (Å²) in [6.07, 6.45) is 5.43.